The molecule has 1 heterocycles. The van der Waals surface area contributed by atoms with Crippen molar-refractivity contribution in [2.24, 2.45) is 0 Å². The van der Waals surface area contributed by atoms with Crippen LogP contribution in [0.1, 0.15) is 19.2 Å². The van der Waals surface area contributed by atoms with E-state index in [2.05, 4.69) is 4.98 Å². The molecule has 1 aromatic heterocycles. The van der Waals surface area contributed by atoms with Crippen molar-refractivity contribution in [3.63, 3.8) is 0 Å². The van der Waals surface area contributed by atoms with E-state index < -0.39 is 11.6 Å². The minimum atomic E-state index is -0.699. The number of nitrogens with zero attached hydrogens (tertiary/aromatic N) is 1. The summed E-state index contributed by atoms with van der Waals surface area (Å²) in [5.74, 6) is -0.881. The van der Waals surface area contributed by atoms with Gasteiger partial charge in [0, 0.05) is 18.6 Å². The number of hydrogen-bond acceptors (Lipinski definition) is 2. The maximum Gasteiger partial charge on any atom is 0.195 e. The highest BCUT2D eigenvalue weighted by Gasteiger charge is 2.11. The number of oxazole rings is 1. The maximum absolute atomic E-state index is 13.1. The lowest BCUT2D eigenvalue weighted by molar-refractivity contribution is 0.499. The van der Waals surface area contributed by atoms with Crippen molar-refractivity contribution < 1.29 is 13.2 Å². The van der Waals surface area contributed by atoms with Crippen LogP contribution in [0.25, 0.3) is 11.1 Å². The van der Waals surface area contributed by atoms with Gasteiger partial charge in [0.15, 0.2) is 17.3 Å². The largest absolute Gasteiger partial charge is 0.438 e. The number of aromatic nitrogens is 1. The first-order valence-corrected chi connectivity index (χ1v) is 4.45. The van der Waals surface area contributed by atoms with Crippen molar-refractivity contribution in [3.05, 3.63) is 29.7 Å². The average Bonchev–Trinajstić information content (AvgIpc) is 2.48. The van der Waals surface area contributed by atoms with Crippen molar-refractivity contribution in [2.45, 2.75) is 19.8 Å². The zero-order valence-electron chi connectivity index (χ0n) is 7.68. The topological polar surface area (TPSA) is 26.0 Å². The fourth-order valence-corrected chi connectivity index (χ4v) is 1.33. The van der Waals surface area contributed by atoms with Gasteiger partial charge in [0.1, 0.15) is 11.3 Å². The molecule has 2 rings (SSSR count). The van der Waals surface area contributed by atoms with Crippen molar-refractivity contribution in [2.75, 3.05) is 0 Å². The molecule has 0 atom stereocenters. The normalized spacial score (nSPS) is 11.1. The Hall–Kier alpha value is -1.45. The van der Waals surface area contributed by atoms with Crippen LogP contribution in [0.4, 0.5) is 8.78 Å². The highest BCUT2D eigenvalue weighted by molar-refractivity contribution is 5.73. The lowest BCUT2D eigenvalue weighted by atomic mass is 10.3. The molecule has 0 fully saturated rings. The molecule has 0 radical (unpaired) electrons. The second-order valence-corrected chi connectivity index (χ2v) is 3.09. The molecule has 2 nitrogen and oxygen atoms in total. The Morgan fingerprint density at radius 3 is 2.86 bits per heavy atom. The molecule has 0 unspecified atom stereocenters. The summed E-state index contributed by atoms with van der Waals surface area (Å²) in [4.78, 5) is 3.98. The summed E-state index contributed by atoms with van der Waals surface area (Å²) in [6, 6.07) is 1.96. The first-order valence-electron chi connectivity index (χ1n) is 4.45. The molecular weight excluding hydrogens is 188 g/mol. The van der Waals surface area contributed by atoms with E-state index in [1.807, 2.05) is 6.92 Å². The number of fused-ring (bicyclic) bond motifs is 1. The van der Waals surface area contributed by atoms with Gasteiger partial charge in [-0.1, -0.05) is 6.92 Å². The Morgan fingerprint density at radius 1 is 1.36 bits per heavy atom. The summed E-state index contributed by atoms with van der Waals surface area (Å²) < 4.78 is 31.0. The van der Waals surface area contributed by atoms with Gasteiger partial charge in [-0.25, -0.2) is 13.8 Å². The zero-order valence-corrected chi connectivity index (χ0v) is 7.68. The Morgan fingerprint density at radius 2 is 2.14 bits per heavy atom. The van der Waals surface area contributed by atoms with Crippen LogP contribution in [0.3, 0.4) is 0 Å². The maximum atomic E-state index is 13.1. The summed E-state index contributed by atoms with van der Waals surface area (Å²) in [6.07, 6.45) is 1.49. The van der Waals surface area contributed by atoms with Gasteiger partial charge >= 0.3 is 0 Å². The van der Waals surface area contributed by atoms with Crippen LogP contribution in [-0.2, 0) is 6.42 Å². The molecule has 0 saturated carbocycles. The number of aryl methyl sites for hydroxylation is 1. The molecule has 1 aromatic carbocycles. The Bertz CT molecular complexity index is 464. The van der Waals surface area contributed by atoms with Crippen LogP contribution in [0.5, 0.6) is 0 Å². The summed E-state index contributed by atoms with van der Waals surface area (Å²) in [7, 11) is 0. The van der Waals surface area contributed by atoms with Gasteiger partial charge in [-0.3, -0.25) is 0 Å². The van der Waals surface area contributed by atoms with Crippen LogP contribution < -0.4 is 0 Å². The molecule has 14 heavy (non-hydrogen) atoms. The third-order valence-electron chi connectivity index (χ3n) is 1.92. The molecule has 4 heteroatoms. The van der Waals surface area contributed by atoms with Gasteiger partial charge in [-0.15, -0.1) is 0 Å². The smallest absolute Gasteiger partial charge is 0.195 e. The fourth-order valence-electron chi connectivity index (χ4n) is 1.33. The highest BCUT2D eigenvalue weighted by Crippen LogP contribution is 2.20. The van der Waals surface area contributed by atoms with Gasteiger partial charge in [0.2, 0.25) is 0 Å². The monoisotopic (exact) mass is 197 g/mol. The summed E-state index contributed by atoms with van der Waals surface area (Å²) >= 11 is 0. The van der Waals surface area contributed by atoms with Crippen LogP contribution in [-0.4, -0.2) is 4.98 Å². The summed E-state index contributed by atoms with van der Waals surface area (Å²) in [5, 5.41) is 0. The summed E-state index contributed by atoms with van der Waals surface area (Å²) in [6.45, 7) is 1.96. The van der Waals surface area contributed by atoms with Crippen molar-refractivity contribution in [3.8, 4) is 0 Å². The van der Waals surface area contributed by atoms with Gasteiger partial charge in [-0.05, 0) is 6.42 Å². The molecule has 0 saturated heterocycles. The van der Waals surface area contributed by atoms with E-state index in [0.717, 1.165) is 12.5 Å². The number of halogens is 2. The van der Waals surface area contributed by atoms with Crippen LogP contribution in [0.2, 0.25) is 0 Å². The summed E-state index contributed by atoms with van der Waals surface area (Å²) in [5.41, 5.74) is 0.279. The molecule has 0 N–H and O–H groups in total. The van der Waals surface area contributed by atoms with E-state index in [4.69, 9.17) is 4.42 Å². The first-order chi connectivity index (χ1) is 6.70. The van der Waals surface area contributed by atoms with Crippen LogP contribution in [0.15, 0.2) is 16.5 Å². The molecule has 74 valence electrons. The van der Waals surface area contributed by atoms with E-state index in [1.165, 1.54) is 6.07 Å². The quantitative estimate of drug-likeness (QED) is 0.739. The van der Waals surface area contributed by atoms with E-state index in [0.29, 0.717) is 12.3 Å². The fraction of sp³-hybridized carbons (Fsp3) is 0.300. The second-order valence-electron chi connectivity index (χ2n) is 3.09. The van der Waals surface area contributed by atoms with Crippen molar-refractivity contribution in [1.82, 2.24) is 4.98 Å². The van der Waals surface area contributed by atoms with E-state index in [-0.39, 0.29) is 11.1 Å². The standard InChI is InChI=1S/C10H9F2NO/c1-2-3-9-13-8-5-6(11)4-7(12)10(8)14-9/h4-5H,2-3H2,1H3. The third kappa shape index (κ3) is 1.47. The van der Waals surface area contributed by atoms with Crippen LogP contribution in [0, 0.1) is 11.6 Å². The Kier molecular flexibility index (Phi) is 2.19. The average molecular weight is 197 g/mol. The predicted octanol–water partition coefficient (Wildman–Crippen LogP) is 3.06. The Labute approximate surface area is 79.6 Å². The van der Waals surface area contributed by atoms with Gasteiger partial charge in [-0.2, -0.15) is 0 Å². The highest BCUT2D eigenvalue weighted by atomic mass is 19.1. The van der Waals surface area contributed by atoms with Gasteiger partial charge in [0.25, 0.3) is 0 Å². The molecular formula is C10H9F2NO. The molecule has 0 aliphatic rings. The lowest BCUT2D eigenvalue weighted by Gasteiger charge is -1.89. The second kappa shape index (κ2) is 3.36. The number of hydrogen-bond donors (Lipinski definition) is 0. The van der Waals surface area contributed by atoms with Gasteiger partial charge < -0.3 is 4.42 Å². The molecule has 2 aromatic rings. The van der Waals surface area contributed by atoms with Gasteiger partial charge in [0.05, 0.1) is 0 Å². The van der Waals surface area contributed by atoms with Crippen molar-refractivity contribution in [1.29, 1.82) is 0 Å². The van der Waals surface area contributed by atoms with E-state index in [1.54, 1.807) is 0 Å². The zero-order chi connectivity index (χ0) is 10.1. The lowest BCUT2D eigenvalue weighted by Crippen LogP contribution is -1.81. The predicted molar refractivity (Wildman–Crippen MR) is 47.9 cm³/mol. The molecule has 0 aliphatic heterocycles. The number of benzene rings is 1. The first kappa shape index (κ1) is 9.12. The SMILES string of the molecule is CCCc1nc2cc(F)cc(F)c2o1. The minimum absolute atomic E-state index is 0.0369. The van der Waals surface area contributed by atoms with Crippen LogP contribution >= 0.6 is 0 Å². The van der Waals surface area contributed by atoms with E-state index >= 15 is 0 Å². The third-order valence-corrected chi connectivity index (χ3v) is 1.92. The molecule has 0 bridgehead atoms. The molecule has 0 amide bonds. The molecule has 0 aliphatic carbocycles. The molecule has 0 spiro atoms. The number of rotatable bonds is 2. The Balaban J connectivity index is 2.58. The van der Waals surface area contributed by atoms with E-state index in [9.17, 15) is 8.78 Å². The minimum Gasteiger partial charge on any atom is -0.438 e. The van der Waals surface area contributed by atoms with Crippen molar-refractivity contribution >= 4 is 11.1 Å².